The number of fused-ring (bicyclic) bond motifs is 1. The zero-order valence-electron chi connectivity index (χ0n) is 20.1. The smallest absolute Gasteiger partial charge is 0.368 e. The number of nitrogens with one attached hydrogen (secondary N) is 1. The lowest BCUT2D eigenvalue weighted by Crippen LogP contribution is -2.24. The van der Waals surface area contributed by atoms with Crippen LogP contribution in [0.3, 0.4) is 0 Å². The van der Waals surface area contributed by atoms with Crippen molar-refractivity contribution in [2.45, 2.75) is 43.9 Å². The van der Waals surface area contributed by atoms with Crippen molar-refractivity contribution in [1.82, 2.24) is 14.8 Å². The summed E-state index contributed by atoms with van der Waals surface area (Å²) in [4.78, 5) is 13.0. The summed E-state index contributed by atoms with van der Waals surface area (Å²) in [6, 6.07) is 9.87. The topological polar surface area (TPSA) is 59.9 Å². The van der Waals surface area contributed by atoms with Crippen LogP contribution in [0, 0.1) is 5.82 Å². The van der Waals surface area contributed by atoms with E-state index in [-0.39, 0.29) is 23.7 Å². The van der Waals surface area contributed by atoms with Gasteiger partial charge in [0, 0.05) is 23.5 Å². The SMILES string of the molecule is C[C@@H](O[C@H]1Cn2c(cc(-c3cn[nH]c3)cc2=O)[C@@H]1c1ccc(F)cc1)c1cc(C(F)(F)F)cc(C(F)(F)F)c1. The van der Waals surface area contributed by atoms with Crippen LogP contribution >= 0.6 is 0 Å². The molecule has 0 aliphatic carbocycles. The predicted molar refractivity (Wildman–Crippen MR) is 126 cm³/mol. The van der Waals surface area contributed by atoms with E-state index in [1.165, 1.54) is 48.0 Å². The Balaban J connectivity index is 1.56. The Morgan fingerprint density at radius 3 is 2.15 bits per heavy atom. The van der Waals surface area contributed by atoms with Gasteiger partial charge in [0.25, 0.3) is 5.56 Å². The molecule has 2 aromatic carbocycles. The summed E-state index contributed by atoms with van der Waals surface area (Å²) < 4.78 is 102. The van der Waals surface area contributed by atoms with Gasteiger partial charge in [-0.05, 0) is 60.0 Å². The van der Waals surface area contributed by atoms with Crippen molar-refractivity contribution in [2.75, 3.05) is 0 Å². The molecule has 1 N–H and O–H groups in total. The number of aromatic amines is 1. The molecular weight excluding hydrogens is 531 g/mol. The van der Waals surface area contributed by atoms with E-state index in [4.69, 9.17) is 4.74 Å². The Kier molecular flexibility index (Phi) is 6.61. The molecule has 0 bridgehead atoms. The minimum Gasteiger partial charge on any atom is -0.368 e. The third-order valence-electron chi connectivity index (χ3n) is 6.73. The van der Waals surface area contributed by atoms with E-state index in [0.29, 0.717) is 34.5 Å². The number of pyridine rings is 1. The summed E-state index contributed by atoms with van der Waals surface area (Å²) in [6.45, 7) is 1.33. The number of H-pyrrole nitrogens is 1. The summed E-state index contributed by atoms with van der Waals surface area (Å²) in [5, 5.41) is 6.55. The molecule has 0 fully saturated rings. The summed E-state index contributed by atoms with van der Waals surface area (Å²) in [7, 11) is 0. The second-order valence-corrected chi connectivity index (χ2v) is 9.29. The van der Waals surface area contributed by atoms with Crippen LogP contribution in [0.5, 0.6) is 0 Å². The minimum absolute atomic E-state index is 0.0166. The van der Waals surface area contributed by atoms with Gasteiger partial charge in [0.05, 0.1) is 42.0 Å². The van der Waals surface area contributed by atoms with Crippen LogP contribution in [-0.4, -0.2) is 20.9 Å². The highest BCUT2D eigenvalue weighted by molar-refractivity contribution is 5.62. The van der Waals surface area contributed by atoms with E-state index >= 15 is 0 Å². The predicted octanol–water partition coefficient (Wildman–Crippen LogP) is 6.71. The fraction of sp³-hybridized carbons (Fsp3) is 0.259. The molecule has 2 aromatic heterocycles. The molecule has 0 saturated heterocycles. The number of ether oxygens (including phenoxy) is 1. The first kappa shape index (κ1) is 26.7. The molecule has 39 heavy (non-hydrogen) atoms. The molecule has 5 nitrogen and oxygen atoms in total. The van der Waals surface area contributed by atoms with Crippen molar-refractivity contribution in [1.29, 1.82) is 0 Å². The van der Waals surface area contributed by atoms with Gasteiger partial charge in [0.1, 0.15) is 5.82 Å². The molecule has 3 atom stereocenters. The first-order valence-corrected chi connectivity index (χ1v) is 11.8. The first-order valence-electron chi connectivity index (χ1n) is 11.8. The van der Waals surface area contributed by atoms with Crippen molar-refractivity contribution in [3.8, 4) is 11.1 Å². The molecule has 3 heterocycles. The molecular formula is C27H20F7N3O2. The fourth-order valence-corrected chi connectivity index (χ4v) is 4.85. The van der Waals surface area contributed by atoms with Crippen molar-refractivity contribution in [3.63, 3.8) is 0 Å². The number of nitrogens with zero attached hydrogens (tertiary/aromatic N) is 2. The third-order valence-corrected chi connectivity index (χ3v) is 6.73. The Morgan fingerprint density at radius 1 is 0.949 bits per heavy atom. The zero-order valence-corrected chi connectivity index (χ0v) is 20.1. The minimum atomic E-state index is -5.01. The third kappa shape index (κ3) is 5.33. The Hall–Kier alpha value is -3.93. The Bertz CT molecular complexity index is 1510. The normalized spacial score (nSPS) is 18.3. The Labute approximate surface area is 216 Å². The highest BCUT2D eigenvalue weighted by atomic mass is 19.4. The summed E-state index contributed by atoms with van der Waals surface area (Å²) >= 11 is 0. The van der Waals surface area contributed by atoms with Gasteiger partial charge in [-0.2, -0.15) is 31.4 Å². The summed E-state index contributed by atoms with van der Waals surface area (Å²) in [6.07, 6.45) is -8.97. The van der Waals surface area contributed by atoms with Crippen LogP contribution < -0.4 is 5.56 Å². The van der Waals surface area contributed by atoms with Crippen LogP contribution in [0.15, 0.2) is 71.8 Å². The van der Waals surface area contributed by atoms with Gasteiger partial charge in [-0.3, -0.25) is 9.89 Å². The van der Waals surface area contributed by atoms with Gasteiger partial charge in [-0.25, -0.2) is 4.39 Å². The molecule has 0 saturated carbocycles. The van der Waals surface area contributed by atoms with Crippen LogP contribution in [0.4, 0.5) is 30.7 Å². The lowest BCUT2D eigenvalue weighted by atomic mass is 9.91. The van der Waals surface area contributed by atoms with E-state index in [1.807, 2.05) is 0 Å². The maximum absolute atomic E-state index is 13.7. The van der Waals surface area contributed by atoms with E-state index in [1.54, 1.807) is 12.3 Å². The van der Waals surface area contributed by atoms with Gasteiger partial charge in [0.2, 0.25) is 0 Å². The molecule has 0 radical (unpaired) electrons. The quantitative estimate of drug-likeness (QED) is 0.281. The molecule has 0 spiro atoms. The number of hydrogen-bond acceptors (Lipinski definition) is 3. The summed E-state index contributed by atoms with van der Waals surface area (Å²) in [5.41, 5.74) is -1.36. The highest BCUT2D eigenvalue weighted by Crippen LogP contribution is 2.41. The van der Waals surface area contributed by atoms with Crippen LogP contribution in [0.25, 0.3) is 11.1 Å². The molecule has 4 aromatic rings. The molecule has 0 amide bonds. The monoisotopic (exact) mass is 551 g/mol. The van der Waals surface area contributed by atoms with E-state index in [0.717, 1.165) is 0 Å². The largest absolute Gasteiger partial charge is 0.416 e. The second-order valence-electron chi connectivity index (χ2n) is 9.29. The number of hydrogen-bond donors (Lipinski definition) is 1. The molecule has 1 aliphatic rings. The van der Waals surface area contributed by atoms with Gasteiger partial charge in [-0.15, -0.1) is 0 Å². The highest BCUT2D eigenvalue weighted by Gasteiger charge is 2.40. The summed E-state index contributed by atoms with van der Waals surface area (Å²) in [5.74, 6) is -1.17. The lowest BCUT2D eigenvalue weighted by molar-refractivity contribution is -0.143. The van der Waals surface area contributed by atoms with Gasteiger partial charge < -0.3 is 9.30 Å². The van der Waals surface area contributed by atoms with Crippen molar-refractivity contribution in [3.05, 3.63) is 111 Å². The maximum Gasteiger partial charge on any atom is 0.416 e. The average Bonchev–Trinajstić information content (AvgIpc) is 3.52. The van der Waals surface area contributed by atoms with Gasteiger partial charge in [-0.1, -0.05) is 12.1 Å². The van der Waals surface area contributed by atoms with Crippen molar-refractivity contribution < 1.29 is 35.5 Å². The number of alkyl halides is 6. The second kappa shape index (κ2) is 9.67. The number of halogens is 7. The molecule has 204 valence electrons. The van der Waals surface area contributed by atoms with Crippen molar-refractivity contribution in [2.24, 2.45) is 0 Å². The van der Waals surface area contributed by atoms with Gasteiger partial charge >= 0.3 is 12.4 Å². The van der Waals surface area contributed by atoms with Crippen LogP contribution in [-0.2, 0) is 23.6 Å². The number of rotatable bonds is 5. The first-order chi connectivity index (χ1) is 18.3. The maximum atomic E-state index is 13.7. The van der Waals surface area contributed by atoms with Crippen LogP contribution in [0.1, 0.15) is 46.9 Å². The van der Waals surface area contributed by atoms with Crippen molar-refractivity contribution >= 4 is 0 Å². The zero-order chi connectivity index (χ0) is 28.1. The van der Waals surface area contributed by atoms with E-state index < -0.39 is 47.4 Å². The Morgan fingerprint density at radius 2 is 1.59 bits per heavy atom. The van der Waals surface area contributed by atoms with E-state index in [2.05, 4.69) is 10.2 Å². The molecule has 12 heteroatoms. The standard InChI is InChI=1S/C27H20F7N3O2/c1-14(16-6-19(26(29,30)31)10-20(7-16)27(32,33)34)39-23-13-37-22(25(23)15-2-4-21(28)5-3-15)8-17(9-24(37)38)18-11-35-36-12-18/h2-12,14,23,25H,13H2,1H3,(H,35,36)/t14-,23+,25+/m1/s1. The van der Waals surface area contributed by atoms with E-state index in [9.17, 15) is 35.5 Å². The molecule has 0 unspecified atom stereocenters. The van der Waals surface area contributed by atoms with Crippen LogP contribution in [0.2, 0.25) is 0 Å². The average molecular weight is 551 g/mol. The number of benzene rings is 2. The van der Waals surface area contributed by atoms with Gasteiger partial charge in [0.15, 0.2) is 0 Å². The molecule has 5 rings (SSSR count). The lowest BCUT2D eigenvalue weighted by Gasteiger charge is -2.25. The fourth-order valence-electron chi connectivity index (χ4n) is 4.85. The molecule has 1 aliphatic heterocycles. The number of aromatic nitrogens is 3.